The number of aromatic nitrogens is 2. The molecule has 0 aliphatic heterocycles. The normalized spacial score (nSPS) is 30.1. The standard InChI is InChI=1S/C11H16FN3O/c1-16-10-9(14-6-7-15-10)11(12)4-2-8(13)3-5-11/h6-8H,2-5,13H2,1H3. The van der Waals surface area contributed by atoms with Crippen LogP contribution >= 0.6 is 0 Å². The van der Waals surface area contributed by atoms with E-state index in [1.165, 1.54) is 19.5 Å². The average Bonchev–Trinajstić information content (AvgIpc) is 2.33. The Morgan fingerprint density at radius 1 is 1.38 bits per heavy atom. The third-order valence-electron chi connectivity index (χ3n) is 3.11. The van der Waals surface area contributed by atoms with Crippen molar-refractivity contribution >= 4 is 0 Å². The molecule has 0 bridgehead atoms. The van der Waals surface area contributed by atoms with Crippen molar-refractivity contribution < 1.29 is 9.13 Å². The van der Waals surface area contributed by atoms with Gasteiger partial charge >= 0.3 is 0 Å². The first kappa shape index (κ1) is 11.3. The Labute approximate surface area is 94.0 Å². The second-order valence-corrected chi connectivity index (χ2v) is 4.22. The number of rotatable bonds is 2. The Morgan fingerprint density at radius 3 is 2.62 bits per heavy atom. The van der Waals surface area contributed by atoms with Crippen LogP contribution in [-0.2, 0) is 5.67 Å². The van der Waals surface area contributed by atoms with Crippen LogP contribution in [0.1, 0.15) is 31.4 Å². The highest BCUT2D eigenvalue weighted by Gasteiger charge is 2.40. The lowest BCUT2D eigenvalue weighted by atomic mass is 9.82. The molecule has 1 aromatic rings. The van der Waals surface area contributed by atoms with Crippen molar-refractivity contribution in [3.05, 3.63) is 18.1 Å². The maximum atomic E-state index is 14.7. The maximum absolute atomic E-state index is 14.7. The molecule has 1 saturated carbocycles. The molecular weight excluding hydrogens is 209 g/mol. The van der Waals surface area contributed by atoms with Gasteiger partial charge in [-0.3, -0.25) is 4.98 Å². The molecular formula is C11H16FN3O. The fourth-order valence-corrected chi connectivity index (χ4v) is 2.12. The Hall–Kier alpha value is -1.23. The van der Waals surface area contributed by atoms with Gasteiger partial charge in [-0.2, -0.15) is 0 Å². The van der Waals surface area contributed by atoms with Gasteiger partial charge in [0.2, 0.25) is 5.88 Å². The van der Waals surface area contributed by atoms with Crippen LogP contribution in [0.3, 0.4) is 0 Å². The smallest absolute Gasteiger partial charge is 0.238 e. The van der Waals surface area contributed by atoms with E-state index in [0.29, 0.717) is 31.4 Å². The second-order valence-electron chi connectivity index (χ2n) is 4.22. The first-order chi connectivity index (χ1) is 7.65. The van der Waals surface area contributed by atoms with Gasteiger partial charge in [0.1, 0.15) is 5.69 Å². The summed E-state index contributed by atoms with van der Waals surface area (Å²) in [5.41, 5.74) is 4.65. The van der Waals surface area contributed by atoms with E-state index in [1.807, 2.05) is 0 Å². The summed E-state index contributed by atoms with van der Waals surface area (Å²) in [6.45, 7) is 0. The maximum Gasteiger partial charge on any atom is 0.238 e. The van der Waals surface area contributed by atoms with Crippen molar-refractivity contribution in [2.45, 2.75) is 37.4 Å². The first-order valence-corrected chi connectivity index (χ1v) is 5.46. The van der Waals surface area contributed by atoms with Gasteiger partial charge in [0.05, 0.1) is 7.11 Å². The number of nitrogens with two attached hydrogens (primary N) is 1. The molecule has 1 aromatic heterocycles. The summed E-state index contributed by atoms with van der Waals surface area (Å²) in [6.07, 6.45) is 5.13. The Morgan fingerprint density at radius 2 is 2.00 bits per heavy atom. The van der Waals surface area contributed by atoms with Crippen molar-refractivity contribution in [2.24, 2.45) is 5.73 Å². The van der Waals surface area contributed by atoms with Crippen LogP contribution in [0.25, 0.3) is 0 Å². The summed E-state index contributed by atoms with van der Waals surface area (Å²) >= 11 is 0. The number of hydrogen-bond donors (Lipinski definition) is 1. The lowest BCUT2D eigenvalue weighted by Gasteiger charge is -2.32. The van der Waals surface area contributed by atoms with Crippen LogP contribution in [-0.4, -0.2) is 23.1 Å². The highest BCUT2D eigenvalue weighted by atomic mass is 19.1. The van der Waals surface area contributed by atoms with Crippen molar-refractivity contribution in [1.29, 1.82) is 0 Å². The van der Waals surface area contributed by atoms with Crippen LogP contribution < -0.4 is 10.5 Å². The third kappa shape index (κ3) is 2.00. The fraction of sp³-hybridized carbons (Fsp3) is 0.636. The molecule has 0 amide bonds. The molecule has 2 N–H and O–H groups in total. The van der Waals surface area contributed by atoms with Crippen molar-refractivity contribution in [2.75, 3.05) is 7.11 Å². The Kier molecular flexibility index (Phi) is 3.05. The predicted octanol–water partition coefficient (Wildman–Crippen LogP) is 1.55. The molecule has 0 aromatic carbocycles. The van der Waals surface area contributed by atoms with Crippen LogP contribution in [0.2, 0.25) is 0 Å². The predicted molar refractivity (Wildman–Crippen MR) is 57.8 cm³/mol. The molecule has 4 nitrogen and oxygen atoms in total. The highest BCUT2D eigenvalue weighted by Crippen LogP contribution is 2.42. The van der Waals surface area contributed by atoms with Crippen LogP contribution in [0.5, 0.6) is 5.88 Å². The van der Waals surface area contributed by atoms with E-state index < -0.39 is 5.67 Å². The number of halogens is 1. The van der Waals surface area contributed by atoms with Gasteiger partial charge in [-0.15, -0.1) is 0 Å². The molecule has 16 heavy (non-hydrogen) atoms. The van der Waals surface area contributed by atoms with Crippen LogP contribution in [0.4, 0.5) is 4.39 Å². The van der Waals surface area contributed by atoms with Gasteiger partial charge in [0, 0.05) is 18.4 Å². The summed E-state index contributed by atoms with van der Waals surface area (Å²) in [6, 6.07) is 0.103. The molecule has 0 saturated heterocycles. The van der Waals surface area contributed by atoms with E-state index in [2.05, 4.69) is 9.97 Å². The number of ether oxygens (including phenoxy) is 1. The number of hydrogen-bond acceptors (Lipinski definition) is 4. The Balaban J connectivity index is 2.28. The van der Waals surface area contributed by atoms with Crippen molar-refractivity contribution in [3.8, 4) is 5.88 Å². The minimum atomic E-state index is -1.44. The van der Waals surface area contributed by atoms with Crippen LogP contribution in [0, 0.1) is 0 Å². The number of alkyl halides is 1. The number of methoxy groups -OCH3 is 1. The largest absolute Gasteiger partial charge is 0.480 e. The van der Waals surface area contributed by atoms with E-state index in [9.17, 15) is 4.39 Å². The van der Waals surface area contributed by atoms with E-state index in [1.54, 1.807) is 0 Å². The van der Waals surface area contributed by atoms with E-state index in [-0.39, 0.29) is 11.9 Å². The zero-order chi connectivity index (χ0) is 11.6. The molecule has 1 heterocycles. The zero-order valence-electron chi connectivity index (χ0n) is 9.32. The average molecular weight is 225 g/mol. The minimum absolute atomic E-state index is 0.103. The van der Waals surface area contributed by atoms with Gasteiger partial charge in [-0.25, -0.2) is 9.37 Å². The van der Waals surface area contributed by atoms with Gasteiger partial charge in [-0.1, -0.05) is 0 Å². The van der Waals surface area contributed by atoms with E-state index in [0.717, 1.165) is 0 Å². The lowest BCUT2D eigenvalue weighted by molar-refractivity contribution is 0.0884. The highest BCUT2D eigenvalue weighted by molar-refractivity contribution is 5.25. The van der Waals surface area contributed by atoms with Gasteiger partial charge in [-0.05, 0) is 25.7 Å². The molecule has 1 fully saturated rings. The molecule has 1 aliphatic rings. The monoisotopic (exact) mass is 225 g/mol. The van der Waals surface area contributed by atoms with E-state index >= 15 is 0 Å². The van der Waals surface area contributed by atoms with E-state index in [4.69, 9.17) is 10.5 Å². The SMILES string of the molecule is COc1nccnc1C1(F)CCC(N)CC1. The number of nitrogens with zero attached hydrogens (tertiary/aromatic N) is 2. The van der Waals surface area contributed by atoms with Crippen molar-refractivity contribution in [1.82, 2.24) is 9.97 Å². The van der Waals surface area contributed by atoms with Crippen LogP contribution in [0.15, 0.2) is 12.4 Å². The zero-order valence-corrected chi connectivity index (χ0v) is 9.32. The summed E-state index contributed by atoms with van der Waals surface area (Å²) in [7, 11) is 1.48. The third-order valence-corrected chi connectivity index (χ3v) is 3.11. The molecule has 1 aliphatic carbocycles. The van der Waals surface area contributed by atoms with Crippen molar-refractivity contribution in [3.63, 3.8) is 0 Å². The fourth-order valence-electron chi connectivity index (χ4n) is 2.12. The molecule has 2 rings (SSSR count). The quantitative estimate of drug-likeness (QED) is 0.829. The molecule has 0 radical (unpaired) electrons. The minimum Gasteiger partial charge on any atom is -0.480 e. The second kappa shape index (κ2) is 4.33. The summed E-state index contributed by atoms with van der Waals surface area (Å²) in [4.78, 5) is 8.05. The lowest BCUT2D eigenvalue weighted by Crippen LogP contribution is -2.34. The topological polar surface area (TPSA) is 61.0 Å². The first-order valence-electron chi connectivity index (χ1n) is 5.46. The summed E-state index contributed by atoms with van der Waals surface area (Å²) < 4.78 is 19.7. The molecule has 5 heteroatoms. The summed E-state index contributed by atoms with van der Waals surface area (Å²) in [5, 5.41) is 0. The molecule has 0 atom stereocenters. The van der Waals surface area contributed by atoms with Gasteiger partial charge < -0.3 is 10.5 Å². The Bertz CT molecular complexity index is 364. The van der Waals surface area contributed by atoms with Gasteiger partial charge in [0.15, 0.2) is 5.67 Å². The van der Waals surface area contributed by atoms with Gasteiger partial charge in [0.25, 0.3) is 0 Å². The summed E-state index contributed by atoms with van der Waals surface area (Å²) in [5.74, 6) is 0.278. The molecule has 0 unspecified atom stereocenters. The molecule has 0 spiro atoms. The molecule has 88 valence electrons.